The Labute approximate surface area is 251 Å². The summed E-state index contributed by atoms with van der Waals surface area (Å²) in [6.07, 6.45) is 6.96. The van der Waals surface area contributed by atoms with Crippen LogP contribution in [0.2, 0.25) is 0 Å². The van der Waals surface area contributed by atoms with Gasteiger partial charge in [-0.3, -0.25) is 9.48 Å². The number of carbonyl (C=O) groups excluding carboxylic acids is 1. The van der Waals surface area contributed by atoms with Crippen LogP contribution in [0.1, 0.15) is 12.5 Å². The second-order valence-corrected chi connectivity index (χ2v) is 10.9. The molecule has 1 aliphatic heterocycles. The van der Waals surface area contributed by atoms with Gasteiger partial charge in [0.05, 0.1) is 24.4 Å². The minimum atomic E-state index is -0.256. The molecule has 5 aromatic rings. The first-order chi connectivity index (χ1) is 20.9. The topological polar surface area (TPSA) is 91.3 Å². The summed E-state index contributed by atoms with van der Waals surface area (Å²) in [6, 6.07) is 14.8. The predicted octanol–water partition coefficient (Wildman–Crippen LogP) is 5.97. The zero-order valence-electron chi connectivity index (χ0n) is 25.1. The number of H-pyrrole nitrogens is 1. The van der Waals surface area contributed by atoms with Gasteiger partial charge in [0.2, 0.25) is 5.91 Å². The summed E-state index contributed by atoms with van der Waals surface area (Å²) >= 11 is 0. The Bertz CT molecular complexity index is 1790. The normalized spacial score (nSPS) is 13.8. The summed E-state index contributed by atoms with van der Waals surface area (Å²) in [6.45, 7) is 12.5. The van der Waals surface area contributed by atoms with E-state index in [1.54, 1.807) is 7.11 Å². The lowest BCUT2D eigenvalue weighted by Gasteiger charge is -2.34. The zero-order chi connectivity index (χ0) is 30.1. The van der Waals surface area contributed by atoms with Crippen molar-refractivity contribution in [2.75, 3.05) is 50.6 Å². The monoisotopic (exact) mass is 575 g/mol. The van der Waals surface area contributed by atoms with Crippen molar-refractivity contribution in [1.82, 2.24) is 24.6 Å². The smallest absolute Gasteiger partial charge is 0.247 e. The number of methoxy groups -OCH3 is 1. The molecule has 0 radical (unpaired) electrons. The lowest BCUT2D eigenvalue weighted by Crippen LogP contribution is -2.44. The van der Waals surface area contributed by atoms with E-state index < -0.39 is 0 Å². The van der Waals surface area contributed by atoms with Crippen LogP contribution in [-0.4, -0.2) is 70.9 Å². The number of pyridine rings is 1. The van der Waals surface area contributed by atoms with Gasteiger partial charge in [-0.1, -0.05) is 30.8 Å². The second kappa shape index (κ2) is 11.8. The number of aryl methyl sites for hydroxylation is 2. The summed E-state index contributed by atoms with van der Waals surface area (Å²) in [5.74, 6) is 0.456. The van der Waals surface area contributed by atoms with Crippen molar-refractivity contribution in [3.63, 3.8) is 0 Å². The average Bonchev–Trinajstić information content (AvgIpc) is 3.67. The van der Waals surface area contributed by atoms with E-state index >= 15 is 0 Å². The number of fused-ring (bicyclic) bond motifs is 1. The molecule has 1 aliphatic rings. The fraction of sp³-hybridized carbons (Fsp3) is 0.265. The van der Waals surface area contributed by atoms with Gasteiger partial charge in [-0.25, -0.2) is 4.98 Å². The minimum Gasteiger partial charge on any atom is -0.495 e. The standard InChI is InChI=1S/C34H37N7O2/c1-6-29(42)37-28-18-24(9-8-22(28)3)30-31-33(43-5)27(25-19-36-41(7-2)21-25)20-35-34(31)38-32(30)23-10-12-26(13-11-23)40-16-14-39(4)15-17-40/h6,8-13,18-21H,1,7,14-17H2,2-5H3,(H,35,38)(H,37,42). The number of likely N-dealkylation sites (N-methyl/N-ethyl adjacent to an activating group) is 1. The third kappa shape index (κ3) is 5.39. The molecule has 4 heterocycles. The number of ether oxygens (including phenoxy) is 1. The number of amides is 1. The van der Waals surface area contributed by atoms with Crippen LogP contribution in [0.15, 0.2) is 73.7 Å². The quantitative estimate of drug-likeness (QED) is 0.222. The Morgan fingerprint density at radius 2 is 1.81 bits per heavy atom. The third-order valence-corrected chi connectivity index (χ3v) is 8.24. The molecule has 0 saturated carbocycles. The summed E-state index contributed by atoms with van der Waals surface area (Å²) in [5.41, 5.74) is 9.23. The average molecular weight is 576 g/mol. The van der Waals surface area contributed by atoms with E-state index in [2.05, 4.69) is 76.1 Å². The number of aromatic nitrogens is 4. The van der Waals surface area contributed by atoms with Crippen LogP contribution in [-0.2, 0) is 11.3 Å². The second-order valence-electron chi connectivity index (χ2n) is 10.9. The number of aromatic amines is 1. The number of anilines is 2. The summed E-state index contributed by atoms with van der Waals surface area (Å²) in [5, 5.41) is 8.30. The number of piperazine rings is 1. The number of benzene rings is 2. The highest BCUT2D eigenvalue weighted by Crippen LogP contribution is 2.46. The van der Waals surface area contributed by atoms with Gasteiger partial charge in [0, 0.05) is 73.2 Å². The molecule has 9 nitrogen and oxygen atoms in total. The molecule has 3 aromatic heterocycles. The molecule has 0 spiro atoms. The van der Waals surface area contributed by atoms with Crippen molar-refractivity contribution in [3.8, 4) is 39.3 Å². The van der Waals surface area contributed by atoms with Crippen molar-refractivity contribution in [2.45, 2.75) is 20.4 Å². The molecule has 0 bridgehead atoms. The molecule has 6 rings (SSSR count). The number of carbonyl (C=O) groups is 1. The van der Waals surface area contributed by atoms with Gasteiger partial charge in [-0.2, -0.15) is 5.10 Å². The molecule has 1 amide bonds. The fourth-order valence-corrected chi connectivity index (χ4v) is 5.73. The molecule has 0 atom stereocenters. The first kappa shape index (κ1) is 28.2. The van der Waals surface area contributed by atoms with E-state index in [0.717, 1.165) is 82.9 Å². The maximum absolute atomic E-state index is 12.3. The van der Waals surface area contributed by atoms with Gasteiger partial charge in [0.15, 0.2) is 0 Å². The van der Waals surface area contributed by atoms with E-state index in [1.165, 1.54) is 11.8 Å². The largest absolute Gasteiger partial charge is 0.495 e. The van der Waals surface area contributed by atoms with Gasteiger partial charge in [0.1, 0.15) is 11.4 Å². The molecule has 2 aromatic carbocycles. The Morgan fingerprint density at radius 1 is 1.07 bits per heavy atom. The summed E-state index contributed by atoms with van der Waals surface area (Å²) in [4.78, 5) is 25.5. The predicted molar refractivity (Wildman–Crippen MR) is 174 cm³/mol. The molecule has 0 aliphatic carbocycles. The van der Waals surface area contributed by atoms with Crippen molar-refractivity contribution in [1.29, 1.82) is 0 Å². The number of hydrogen-bond donors (Lipinski definition) is 2. The molecular weight excluding hydrogens is 538 g/mol. The van der Waals surface area contributed by atoms with Gasteiger partial charge in [-0.15, -0.1) is 0 Å². The van der Waals surface area contributed by atoms with Crippen molar-refractivity contribution >= 4 is 28.3 Å². The Hall–Kier alpha value is -4.89. The number of nitrogens with one attached hydrogen (secondary N) is 2. The highest BCUT2D eigenvalue weighted by molar-refractivity contribution is 6.09. The maximum Gasteiger partial charge on any atom is 0.247 e. The Morgan fingerprint density at radius 3 is 2.49 bits per heavy atom. The molecule has 0 unspecified atom stereocenters. The van der Waals surface area contributed by atoms with Crippen LogP contribution < -0.4 is 15.0 Å². The number of hydrogen-bond acceptors (Lipinski definition) is 6. The number of nitrogens with zero attached hydrogens (tertiary/aromatic N) is 5. The van der Waals surface area contributed by atoms with Gasteiger partial charge in [0.25, 0.3) is 0 Å². The van der Waals surface area contributed by atoms with Crippen molar-refractivity contribution < 1.29 is 9.53 Å². The first-order valence-corrected chi connectivity index (χ1v) is 14.6. The van der Waals surface area contributed by atoms with Crippen LogP contribution in [0.3, 0.4) is 0 Å². The third-order valence-electron chi connectivity index (χ3n) is 8.24. The molecule has 1 saturated heterocycles. The van der Waals surface area contributed by atoms with E-state index in [9.17, 15) is 4.79 Å². The maximum atomic E-state index is 12.3. The lowest BCUT2D eigenvalue weighted by atomic mass is 9.95. The van der Waals surface area contributed by atoms with Gasteiger partial charge in [-0.05, 0) is 61.9 Å². The number of rotatable bonds is 8. The highest BCUT2D eigenvalue weighted by Gasteiger charge is 2.24. The van der Waals surface area contributed by atoms with Crippen molar-refractivity contribution in [3.05, 3.63) is 79.3 Å². The molecule has 2 N–H and O–H groups in total. The van der Waals surface area contributed by atoms with Gasteiger partial charge >= 0.3 is 0 Å². The van der Waals surface area contributed by atoms with Crippen LogP contribution in [0.4, 0.5) is 11.4 Å². The molecule has 9 heteroatoms. The van der Waals surface area contributed by atoms with E-state index in [1.807, 2.05) is 42.3 Å². The Balaban J connectivity index is 1.54. The van der Waals surface area contributed by atoms with Crippen molar-refractivity contribution in [2.24, 2.45) is 0 Å². The zero-order valence-corrected chi connectivity index (χ0v) is 25.1. The molecule has 220 valence electrons. The summed E-state index contributed by atoms with van der Waals surface area (Å²) in [7, 11) is 3.86. The van der Waals surface area contributed by atoms with E-state index in [-0.39, 0.29) is 5.91 Å². The summed E-state index contributed by atoms with van der Waals surface area (Å²) < 4.78 is 8.01. The minimum absolute atomic E-state index is 0.256. The SMILES string of the molecule is C=CC(=O)Nc1cc(-c2c(-c3ccc(N4CCN(C)CC4)cc3)[nH]c3ncc(-c4cnn(CC)c4)c(OC)c23)ccc1C. The highest BCUT2D eigenvalue weighted by atomic mass is 16.5. The molecular formula is C34H37N7O2. The van der Waals surface area contributed by atoms with E-state index in [0.29, 0.717) is 11.4 Å². The van der Waals surface area contributed by atoms with Crippen LogP contribution >= 0.6 is 0 Å². The molecule has 43 heavy (non-hydrogen) atoms. The first-order valence-electron chi connectivity index (χ1n) is 14.6. The van der Waals surface area contributed by atoms with Gasteiger partial charge < -0.3 is 24.8 Å². The van der Waals surface area contributed by atoms with Crippen LogP contribution in [0.5, 0.6) is 5.75 Å². The fourth-order valence-electron chi connectivity index (χ4n) is 5.73. The van der Waals surface area contributed by atoms with Crippen LogP contribution in [0, 0.1) is 6.92 Å². The van der Waals surface area contributed by atoms with E-state index in [4.69, 9.17) is 9.72 Å². The molecule has 1 fully saturated rings. The lowest BCUT2D eigenvalue weighted by molar-refractivity contribution is -0.111. The Kier molecular flexibility index (Phi) is 7.73. The van der Waals surface area contributed by atoms with Crippen LogP contribution in [0.25, 0.3) is 44.5 Å².